The predicted octanol–water partition coefficient (Wildman–Crippen LogP) is 2.90. The maximum atomic E-state index is 9.03. The van der Waals surface area contributed by atoms with Crippen LogP contribution in [-0.4, -0.2) is 10.1 Å². The first-order valence-corrected chi connectivity index (χ1v) is 4.12. The van der Waals surface area contributed by atoms with Gasteiger partial charge >= 0.3 is 0 Å². The fourth-order valence-electron chi connectivity index (χ4n) is 1.04. The largest absolute Gasteiger partial charge is 0.508 e. The number of aromatic amines is 1. The molecule has 1 heterocycles. The summed E-state index contributed by atoms with van der Waals surface area (Å²) in [7, 11) is 0. The van der Waals surface area contributed by atoms with Crippen molar-refractivity contribution in [3.63, 3.8) is 0 Å². The van der Waals surface area contributed by atoms with E-state index in [1.807, 2.05) is 32.2 Å². The monoisotopic (exact) mass is 163 g/mol. The van der Waals surface area contributed by atoms with Crippen molar-refractivity contribution in [1.29, 1.82) is 0 Å². The van der Waals surface area contributed by atoms with Crippen LogP contribution in [0.2, 0.25) is 0 Å². The second-order valence-corrected chi connectivity index (χ2v) is 2.25. The molecule has 0 fully saturated rings. The van der Waals surface area contributed by atoms with E-state index in [1.165, 1.54) is 0 Å². The molecule has 1 aromatic carbocycles. The van der Waals surface area contributed by atoms with E-state index in [1.54, 1.807) is 12.1 Å². The van der Waals surface area contributed by atoms with Gasteiger partial charge < -0.3 is 10.1 Å². The van der Waals surface area contributed by atoms with Crippen molar-refractivity contribution < 1.29 is 5.11 Å². The molecule has 2 aromatic rings. The highest BCUT2D eigenvalue weighted by molar-refractivity contribution is 5.80. The highest BCUT2D eigenvalue weighted by Crippen LogP contribution is 2.17. The van der Waals surface area contributed by atoms with E-state index >= 15 is 0 Å². The number of aromatic hydroxyl groups is 1. The summed E-state index contributed by atoms with van der Waals surface area (Å²) >= 11 is 0. The molecule has 2 heteroatoms. The first kappa shape index (κ1) is 8.65. The fourth-order valence-corrected chi connectivity index (χ4v) is 1.04. The van der Waals surface area contributed by atoms with Crippen LogP contribution in [0.1, 0.15) is 13.8 Å². The third-order valence-corrected chi connectivity index (χ3v) is 1.54. The van der Waals surface area contributed by atoms with Gasteiger partial charge in [0.05, 0.1) is 0 Å². The normalized spacial score (nSPS) is 9.17. The molecule has 0 atom stereocenters. The zero-order valence-electron chi connectivity index (χ0n) is 7.33. The van der Waals surface area contributed by atoms with Gasteiger partial charge in [-0.05, 0) is 23.6 Å². The van der Waals surface area contributed by atoms with Crippen molar-refractivity contribution in [2.45, 2.75) is 13.8 Å². The molecular formula is C10H13NO. The topological polar surface area (TPSA) is 36.0 Å². The summed E-state index contributed by atoms with van der Waals surface area (Å²) < 4.78 is 0. The molecule has 2 N–H and O–H groups in total. The number of phenolic OH excluding ortho intramolecular Hbond substituents is 1. The lowest BCUT2D eigenvalue weighted by atomic mass is 10.2. The molecule has 0 amide bonds. The molecule has 2 nitrogen and oxygen atoms in total. The van der Waals surface area contributed by atoms with Crippen molar-refractivity contribution in [2.75, 3.05) is 0 Å². The summed E-state index contributed by atoms with van der Waals surface area (Å²) in [4.78, 5) is 3.00. The van der Waals surface area contributed by atoms with Crippen LogP contribution in [0.25, 0.3) is 10.9 Å². The summed E-state index contributed by atoms with van der Waals surface area (Å²) in [5.41, 5.74) is 0.972. The average Bonchev–Trinajstić information content (AvgIpc) is 2.54. The molecule has 0 saturated heterocycles. The number of hydrogen-bond donors (Lipinski definition) is 2. The predicted molar refractivity (Wildman–Crippen MR) is 51.3 cm³/mol. The molecule has 0 aliphatic rings. The minimum atomic E-state index is 0.301. The molecule has 0 radical (unpaired) electrons. The maximum Gasteiger partial charge on any atom is 0.117 e. The van der Waals surface area contributed by atoms with Crippen molar-refractivity contribution >= 4 is 10.9 Å². The zero-order valence-corrected chi connectivity index (χ0v) is 7.33. The van der Waals surface area contributed by atoms with Gasteiger partial charge in [-0.2, -0.15) is 0 Å². The van der Waals surface area contributed by atoms with E-state index in [0.717, 1.165) is 10.9 Å². The lowest BCUT2D eigenvalue weighted by Gasteiger charge is -1.89. The van der Waals surface area contributed by atoms with E-state index in [0.29, 0.717) is 5.75 Å². The first-order chi connectivity index (χ1) is 5.86. The van der Waals surface area contributed by atoms with Gasteiger partial charge in [-0.15, -0.1) is 0 Å². The molecule has 12 heavy (non-hydrogen) atoms. The maximum absolute atomic E-state index is 9.03. The molecule has 0 bridgehead atoms. The van der Waals surface area contributed by atoms with E-state index in [-0.39, 0.29) is 0 Å². The molecular weight excluding hydrogens is 150 g/mol. The van der Waals surface area contributed by atoms with Crippen LogP contribution in [0.3, 0.4) is 0 Å². The summed E-state index contributed by atoms with van der Waals surface area (Å²) in [5.74, 6) is 0.301. The summed E-state index contributed by atoms with van der Waals surface area (Å²) in [6.07, 6.45) is 1.85. The average molecular weight is 163 g/mol. The number of benzene rings is 1. The SMILES string of the molecule is CC.Oc1ccc2cc[nH]c2c1. The number of phenols is 1. The third kappa shape index (κ3) is 1.59. The Bertz CT molecular complexity index is 351. The van der Waals surface area contributed by atoms with Crippen LogP contribution in [-0.2, 0) is 0 Å². The molecule has 0 aliphatic carbocycles. The number of hydrogen-bond acceptors (Lipinski definition) is 1. The number of H-pyrrole nitrogens is 1. The molecule has 0 saturated carbocycles. The third-order valence-electron chi connectivity index (χ3n) is 1.54. The van der Waals surface area contributed by atoms with Crippen LogP contribution in [0.4, 0.5) is 0 Å². The number of nitrogens with one attached hydrogen (secondary N) is 1. The van der Waals surface area contributed by atoms with Gasteiger partial charge in [-0.1, -0.05) is 13.8 Å². The van der Waals surface area contributed by atoms with Gasteiger partial charge in [0.1, 0.15) is 5.75 Å². The first-order valence-electron chi connectivity index (χ1n) is 4.12. The highest BCUT2D eigenvalue weighted by Gasteiger charge is 1.92. The van der Waals surface area contributed by atoms with E-state index in [2.05, 4.69) is 4.98 Å². The van der Waals surface area contributed by atoms with Crippen LogP contribution >= 0.6 is 0 Å². The smallest absolute Gasteiger partial charge is 0.117 e. The Labute approximate surface area is 71.9 Å². The quantitative estimate of drug-likeness (QED) is 0.615. The lowest BCUT2D eigenvalue weighted by molar-refractivity contribution is 0.476. The molecule has 0 aliphatic heterocycles. The van der Waals surface area contributed by atoms with Crippen molar-refractivity contribution in [2.24, 2.45) is 0 Å². The van der Waals surface area contributed by atoms with Crippen LogP contribution in [0.5, 0.6) is 5.75 Å². The van der Waals surface area contributed by atoms with E-state index < -0.39 is 0 Å². The second kappa shape index (κ2) is 3.81. The highest BCUT2D eigenvalue weighted by atomic mass is 16.3. The summed E-state index contributed by atoms with van der Waals surface area (Å²) in [6.45, 7) is 4.00. The van der Waals surface area contributed by atoms with Gasteiger partial charge in [0, 0.05) is 17.8 Å². The summed E-state index contributed by atoms with van der Waals surface area (Å²) in [6, 6.07) is 7.22. The number of aromatic nitrogens is 1. The van der Waals surface area contributed by atoms with Crippen molar-refractivity contribution in [3.05, 3.63) is 30.5 Å². The van der Waals surface area contributed by atoms with Gasteiger partial charge in [0.25, 0.3) is 0 Å². The van der Waals surface area contributed by atoms with Crippen LogP contribution < -0.4 is 0 Å². The molecule has 0 unspecified atom stereocenters. The Hall–Kier alpha value is -1.44. The zero-order chi connectivity index (χ0) is 8.97. The van der Waals surface area contributed by atoms with Crippen molar-refractivity contribution in [3.8, 4) is 5.75 Å². The molecule has 1 aromatic heterocycles. The second-order valence-electron chi connectivity index (χ2n) is 2.25. The Balaban J connectivity index is 0.000000336. The van der Waals surface area contributed by atoms with E-state index in [4.69, 9.17) is 5.11 Å². The van der Waals surface area contributed by atoms with Crippen LogP contribution in [0.15, 0.2) is 30.5 Å². The Morgan fingerprint density at radius 3 is 2.67 bits per heavy atom. The minimum Gasteiger partial charge on any atom is -0.508 e. The molecule has 0 spiro atoms. The minimum absolute atomic E-state index is 0.301. The van der Waals surface area contributed by atoms with Gasteiger partial charge in [0.2, 0.25) is 0 Å². The van der Waals surface area contributed by atoms with Gasteiger partial charge in [0.15, 0.2) is 0 Å². The van der Waals surface area contributed by atoms with Crippen molar-refractivity contribution in [1.82, 2.24) is 4.98 Å². The Morgan fingerprint density at radius 2 is 1.92 bits per heavy atom. The number of fused-ring (bicyclic) bond motifs is 1. The Kier molecular flexibility index (Phi) is 2.75. The van der Waals surface area contributed by atoms with E-state index in [9.17, 15) is 0 Å². The molecule has 2 rings (SSSR count). The lowest BCUT2D eigenvalue weighted by Crippen LogP contribution is -1.65. The summed E-state index contributed by atoms with van der Waals surface area (Å²) in [5, 5.41) is 10.2. The number of rotatable bonds is 0. The van der Waals surface area contributed by atoms with Gasteiger partial charge in [-0.3, -0.25) is 0 Å². The molecule has 64 valence electrons. The van der Waals surface area contributed by atoms with Crippen LogP contribution in [0, 0.1) is 0 Å². The van der Waals surface area contributed by atoms with Gasteiger partial charge in [-0.25, -0.2) is 0 Å². The standard InChI is InChI=1S/C8H7NO.C2H6/c10-7-2-1-6-3-4-9-8(6)5-7;1-2/h1-5,9-10H;1-2H3. The Morgan fingerprint density at radius 1 is 1.17 bits per heavy atom. The fraction of sp³-hybridized carbons (Fsp3) is 0.200.